The number of hydrogen-bond donors (Lipinski definition) is 1. The zero-order valence-electron chi connectivity index (χ0n) is 11.3. The zero-order valence-corrected chi connectivity index (χ0v) is 11.3. The van der Waals surface area contributed by atoms with Crippen LogP contribution in [-0.4, -0.2) is 12.3 Å². The Morgan fingerprint density at radius 1 is 1.24 bits per heavy atom. The van der Waals surface area contributed by atoms with E-state index in [0.717, 1.165) is 5.56 Å². The van der Waals surface area contributed by atoms with E-state index in [-0.39, 0.29) is 11.2 Å². The number of ketones is 1. The summed E-state index contributed by atoms with van der Waals surface area (Å²) in [5, 5.41) is 0. The highest BCUT2D eigenvalue weighted by Crippen LogP contribution is 2.22. The van der Waals surface area contributed by atoms with Crippen LogP contribution in [-0.2, 0) is 0 Å². The Morgan fingerprint density at radius 2 is 1.76 bits per heavy atom. The molecule has 0 radical (unpaired) electrons. The molecule has 0 unspecified atom stereocenters. The first-order chi connectivity index (χ1) is 7.85. The van der Waals surface area contributed by atoms with Gasteiger partial charge in [-0.15, -0.1) is 0 Å². The summed E-state index contributed by atoms with van der Waals surface area (Å²) in [6, 6.07) is 7.91. The highest BCUT2D eigenvalue weighted by molar-refractivity contribution is 5.96. The van der Waals surface area contributed by atoms with Crippen LogP contribution in [0.3, 0.4) is 0 Å². The van der Waals surface area contributed by atoms with Crippen LogP contribution >= 0.6 is 0 Å². The Labute approximate surface area is 104 Å². The van der Waals surface area contributed by atoms with Crippen LogP contribution in [0.15, 0.2) is 24.3 Å². The number of rotatable bonds is 5. The van der Waals surface area contributed by atoms with E-state index in [1.165, 1.54) is 5.56 Å². The first-order valence-corrected chi connectivity index (χ1v) is 6.19. The van der Waals surface area contributed by atoms with Crippen LogP contribution in [0.25, 0.3) is 0 Å². The van der Waals surface area contributed by atoms with Gasteiger partial charge >= 0.3 is 0 Å². The van der Waals surface area contributed by atoms with Gasteiger partial charge in [-0.3, -0.25) is 4.79 Å². The van der Waals surface area contributed by atoms with Crippen molar-refractivity contribution in [3.05, 3.63) is 35.4 Å². The Hall–Kier alpha value is -1.15. The van der Waals surface area contributed by atoms with Crippen molar-refractivity contribution < 1.29 is 4.79 Å². The molecule has 0 aromatic heterocycles. The Bertz CT molecular complexity index is 376. The second-order valence-corrected chi connectivity index (χ2v) is 5.74. The van der Waals surface area contributed by atoms with Gasteiger partial charge in [-0.05, 0) is 23.4 Å². The number of hydrogen-bond acceptors (Lipinski definition) is 2. The van der Waals surface area contributed by atoms with E-state index < -0.39 is 0 Å². The molecule has 0 aliphatic heterocycles. The molecule has 94 valence electrons. The van der Waals surface area contributed by atoms with Gasteiger partial charge in [-0.25, -0.2) is 0 Å². The summed E-state index contributed by atoms with van der Waals surface area (Å²) in [5.41, 5.74) is 7.58. The van der Waals surface area contributed by atoms with E-state index in [9.17, 15) is 4.79 Å². The van der Waals surface area contributed by atoms with Gasteiger partial charge < -0.3 is 5.73 Å². The summed E-state index contributed by atoms with van der Waals surface area (Å²) in [7, 11) is 0. The van der Waals surface area contributed by atoms with Crippen molar-refractivity contribution in [2.24, 2.45) is 11.1 Å². The predicted octanol–water partition coefficient (Wildman–Crippen LogP) is 3.37. The first-order valence-electron chi connectivity index (χ1n) is 6.19. The fourth-order valence-corrected chi connectivity index (χ4v) is 1.66. The third-order valence-electron chi connectivity index (χ3n) is 3.09. The van der Waals surface area contributed by atoms with E-state index in [4.69, 9.17) is 5.73 Å². The van der Waals surface area contributed by atoms with E-state index in [2.05, 4.69) is 13.8 Å². The average Bonchev–Trinajstić information content (AvgIpc) is 2.28. The van der Waals surface area contributed by atoms with Gasteiger partial charge in [0.1, 0.15) is 0 Å². The summed E-state index contributed by atoms with van der Waals surface area (Å²) in [5.74, 6) is 0.676. The first kappa shape index (κ1) is 13.9. The lowest BCUT2D eigenvalue weighted by Crippen LogP contribution is -2.26. The lowest BCUT2D eigenvalue weighted by Gasteiger charge is -2.21. The lowest BCUT2D eigenvalue weighted by atomic mass is 9.85. The standard InChI is InChI=1S/C15H23NO/c1-11(2)12-5-7-13(8-6-12)14(17)9-15(3,4)10-16/h5-8,11H,9-10,16H2,1-4H3. The highest BCUT2D eigenvalue weighted by Gasteiger charge is 2.20. The minimum absolute atomic E-state index is 0.117. The maximum Gasteiger partial charge on any atom is 0.163 e. The fourth-order valence-electron chi connectivity index (χ4n) is 1.66. The molecular formula is C15H23NO. The zero-order chi connectivity index (χ0) is 13.1. The smallest absolute Gasteiger partial charge is 0.163 e. The molecule has 1 rings (SSSR count). The number of benzene rings is 1. The quantitative estimate of drug-likeness (QED) is 0.792. The van der Waals surface area contributed by atoms with Crippen LogP contribution in [0.1, 0.15) is 56.0 Å². The lowest BCUT2D eigenvalue weighted by molar-refractivity contribution is 0.0935. The van der Waals surface area contributed by atoms with Crippen molar-refractivity contribution in [1.82, 2.24) is 0 Å². The topological polar surface area (TPSA) is 43.1 Å². The van der Waals surface area contributed by atoms with Crippen molar-refractivity contribution in [3.8, 4) is 0 Å². The molecule has 0 spiro atoms. The minimum Gasteiger partial charge on any atom is -0.330 e. The molecule has 0 fully saturated rings. The van der Waals surface area contributed by atoms with Gasteiger partial charge in [-0.2, -0.15) is 0 Å². The van der Waals surface area contributed by atoms with Crippen LogP contribution in [0.5, 0.6) is 0 Å². The summed E-state index contributed by atoms with van der Waals surface area (Å²) < 4.78 is 0. The molecule has 2 N–H and O–H groups in total. The van der Waals surface area contributed by atoms with Crippen molar-refractivity contribution in [2.45, 2.75) is 40.0 Å². The Balaban J connectivity index is 2.77. The molecule has 0 aliphatic carbocycles. The SMILES string of the molecule is CC(C)c1ccc(C(=O)CC(C)(C)CN)cc1. The van der Waals surface area contributed by atoms with Gasteiger partial charge in [-0.1, -0.05) is 52.0 Å². The summed E-state index contributed by atoms with van der Waals surface area (Å²) in [4.78, 5) is 12.0. The molecule has 1 aromatic rings. The second kappa shape index (κ2) is 5.46. The number of carbonyl (C=O) groups excluding carboxylic acids is 1. The maximum atomic E-state index is 12.0. The van der Waals surface area contributed by atoms with Crippen molar-refractivity contribution in [1.29, 1.82) is 0 Å². The number of nitrogens with two attached hydrogens (primary N) is 1. The molecule has 0 atom stereocenters. The van der Waals surface area contributed by atoms with Gasteiger partial charge in [0, 0.05) is 12.0 Å². The van der Waals surface area contributed by atoms with Crippen LogP contribution < -0.4 is 5.73 Å². The van der Waals surface area contributed by atoms with Crippen molar-refractivity contribution >= 4 is 5.78 Å². The number of carbonyl (C=O) groups is 1. The maximum absolute atomic E-state index is 12.0. The predicted molar refractivity (Wildman–Crippen MR) is 72.3 cm³/mol. The van der Waals surface area contributed by atoms with Crippen LogP contribution in [0.2, 0.25) is 0 Å². The molecule has 0 aliphatic rings. The largest absolute Gasteiger partial charge is 0.330 e. The normalized spacial score (nSPS) is 11.9. The van der Waals surface area contributed by atoms with Crippen molar-refractivity contribution in [2.75, 3.05) is 6.54 Å². The molecule has 0 bridgehead atoms. The third-order valence-corrected chi connectivity index (χ3v) is 3.09. The van der Waals surface area contributed by atoms with E-state index >= 15 is 0 Å². The van der Waals surface area contributed by atoms with Gasteiger partial charge in [0.2, 0.25) is 0 Å². The summed E-state index contributed by atoms with van der Waals surface area (Å²) >= 11 is 0. The number of Topliss-reactive ketones (excluding diaryl/α,β-unsaturated/α-hetero) is 1. The monoisotopic (exact) mass is 233 g/mol. The molecule has 0 saturated heterocycles. The second-order valence-electron chi connectivity index (χ2n) is 5.74. The molecule has 17 heavy (non-hydrogen) atoms. The highest BCUT2D eigenvalue weighted by atomic mass is 16.1. The molecule has 0 amide bonds. The molecular weight excluding hydrogens is 210 g/mol. The summed E-state index contributed by atoms with van der Waals surface area (Å²) in [6.45, 7) is 8.87. The van der Waals surface area contributed by atoms with E-state index in [1.54, 1.807) is 0 Å². The van der Waals surface area contributed by atoms with Crippen molar-refractivity contribution in [3.63, 3.8) is 0 Å². The molecule has 2 heteroatoms. The molecule has 2 nitrogen and oxygen atoms in total. The van der Waals surface area contributed by atoms with E-state index in [1.807, 2.05) is 38.1 Å². The summed E-state index contributed by atoms with van der Waals surface area (Å²) in [6.07, 6.45) is 0.504. The molecule has 0 heterocycles. The average molecular weight is 233 g/mol. The fraction of sp³-hybridized carbons (Fsp3) is 0.533. The molecule has 1 aromatic carbocycles. The van der Waals surface area contributed by atoms with Gasteiger partial charge in [0.05, 0.1) is 0 Å². The van der Waals surface area contributed by atoms with E-state index in [0.29, 0.717) is 18.9 Å². The van der Waals surface area contributed by atoms with Crippen LogP contribution in [0.4, 0.5) is 0 Å². The Morgan fingerprint density at radius 3 is 2.18 bits per heavy atom. The van der Waals surface area contributed by atoms with Gasteiger partial charge in [0.25, 0.3) is 0 Å². The molecule has 0 saturated carbocycles. The third kappa shape index (κ3) is 3.97. The Kier molecular flexibility index (Phi) is 4.47. The van der Waals surface area contributed by atoms with Gasteiger partial charge in [0.15, 0.2) is 5.78 Å². The van der Waals surface area contributed by atoms with Crippen LogP contribution in [0, 0.1) is 5.41 Å². The minimum atomic E-state index is -0.117.